The molecule has 0 aliphatic rings. The van der Waals surface area contributed by atoms with Crippen LogP contribution in [0, 0.1) is 0 Å². The molecule has 0 aliphatic heterocycles. The van der Waals surface area contributed by atoms with Crippen molar-refractivity contribution in [3.05, 3.63) is 28.7 Å². The van der Waals surface area contributed by atoms with Crippen LogP contribution < -0.4 is 10.6 Å². The summed E-state index contributed by atoms with van der Waals surface area (Å²) in [6.45, 7) is 3.29. The average molecular weight is 314 g/mol. The molecular formula is C13H20BrN3O. The van der Waals surface area contributed by atoms with Gasteiger partial charge in [-0.1, -0.05) is 22.0 Å². The van der Waals surface area contributed by atoms with Crippen molar-refractivity contribution >= 4 is 27.5 Å². The number of nitrogens with one attached hydrogen (secondary N) is 2. The Morgan fingerprint density at radius 3 is 2.78 bits per heavy atom. The van der Waals surface area contributed by atoms with Gasteiger partial charge in [-0.05, 0) is 39.2 Å². The molecule has 4 nitrogen and oxygen atoms in total. The molecule has 0 aromatic heterocycles. The van der Waals surface area contributed by atoms with E-state index in [0.717, 1.165) is 16.7 Å². The van der Waals surface area contributed by atoms with Crippen molar-refractivity contribution in [2.24, 2.45) is 0 Å². The first kappa shape index (κ1) is 15.1. The number of benzene rings is 1. The molecule has 0 spiro atoms. The van der Waals surface area contributed by atoms with E-state index in [1.165, 1.54) is 0 Å². The van der Waals surface area contributed by atoms with Crippen molar-refractivity contribution in [2.45, 2.75) is 13.0 Å². The highest BCUT2D eigenvalue weighted by molar-refractivity contribution is 9.10. The van der Waals surface area contributed by atoms with Gasteiger partial charge in [0.2, 0.25) is 5.91 Å². The number of hydrogen-bond acceptors (Lipinski definition) is 3. The van der Waals surface area contributed by atoms with Crippen LogP contribution in [0.4, 0.5) is 5.69 Å². The molecule has 1 aromatic rings. The SMILES string of the molecule is CC(CN(C)C)NCC(=O)Nc1cccc(Br)c1. The van der Waals surface area contributed by atoms with Gasteiger partial charge in [-0.3, -0.25) is 4.79 Å². The Kier molecular flexibility index (Phi) is 6.32. The summed E-state index contributed by atoms with van der Waals surface area (Å²) in [6.07, 6.45) is 0. The summed E-state index contributed by atoms with van der Waals surface area (Å²) in [5.41, 5.74) is 0.802. The summed E-state index contributed by atoms with van der Waals surface area (Å²) in [7, 11) is 4.03. The molecule has 0 saturated heterocycles. The Bertz CT molecular complexity index is 396. The van der Waals surface area contributed by atoms with E-state index in [-0.39, 0.29) is 11.9 Å². The number of rotatable bonds is 6. The second-order valence-electron chi connectivity index (χ2n) is 4.60. The molecule has 100 valence electrons. The van der Waals surface area contributed by atoms with Crippen LogP contribution in [0.1, 0.15) is 6.92 Å². The van der Waals surface area contributed by atoms with Crippen molar-refractivity contribution in [3.63, 3.8) is 0 Å². The van der Waals surface area contributed by atoms with Crippen molar-refractivity contribution < 1.29 is 4.79 Å². The zero-order chi connectivity index (χ0) is 13.5. The summed E-state index contributed by atoms with van der Waals surface area (Å²) in [5, 5.41) is 6.03. The van der Waals surface area contributed by atoms with Crippen LogP contribution in [0.15, 0.2) is 28.7 Å². The van der Waals surface area contributed by atoms with Crippen molar-refractivity contribution in [2.75, 3.05) is 32.5 Å². The number of likely N-dealkylation sites (N-methyl/N-ethyl adjacent to an activating group) is 1. The van der Waals surface area contributed by atoms with Crippen LogP contribution >= 0.6 is 15.9 Å². The molecule has 0 heterocycles. The number of hydrogen-bond donors (Lipinski definition) is 2. The van der Waals surface area contributed by atoms with E-state index in [9.17, 15) is 4.79 Å². The molecule has 18 heavy (non-hydrogen) atoms. The van der Waals surface area contributed by atoms with Crippen molar-refractivity contribution in [3.8, 4) is 0 Å². The van der Waals surface area contributed by atoms with Gasteiger partial charge in [-0.2, -0.15) is 0 Å². The van der Waals surface area contributed by atoms with Crippen LogP contribution in [0.3, 0.4) is 0 Å². The maximum atomic E-state index is 11.7. The normalized spacial score (nSPS) is 12.5. The topological polar surface area (TPSA) is 44.4 Å². The molecule has 0 fully saturated rings. The minimum absolute atomic E-state index is 0.0290. The molecule has 0 radical (unpaired) electrons. The maximum absolute atomic E-state index is 11.7. The van der Waals surface area contributed by atoms with E-state index in [0.29, 0.717) is 6.54 Å². The van der Waals surface area contributed by atoms with Gasteiger partial charge in [0.15, 0.2) is 0 Å². The van der Waals surface area contributed by atoms with Gasteiger partial charge in [0.1, 0.15) is 0 Å². The molecule has 2 N–H and O–H groups in total. The van der Waals surface area contributed by atoms with E-state index < -0.39 is 0 Å². The van der Waals surface area contributed by atoms with Crippen LogP contribution in [-0.2, 0) is 4.79 Å². The summed E-state index contributed by atoms with van der Waals surface area (Å²) in [5.74, 6) is -0.0290. The van der Waals surface area contributed by atoms with Crippen LogP contribution in [0.5, 0.6) is 0 Å². The van der Waals surface area contributed by atoms with Gasteiger partial charge < -0.3 is 15.5 Å². The third kappa shape index (κ3) is 6.14. The van der Waals surface area contributed by atoms with Gasteiger partial charge >= 0.3 is 0 Å². The minimum Gasteiger partial charge on any atom is -0.325 e. The molecule has 1 rings (SSSR count). The predicted molar refractivity (Wildman–Crippen MR) is 78.8 cm³/mol. The molecule has 1 amide bonds. The summed E-state index contributed by atoms with van der Waals surface area (Å²) in [6, 6.07) is 7.84. The Morgan fingerprint density at radius 1 is 1.44 bits per heavy atom. The molecule has 1 aromatic carbocycles. The first-order valence-corrected chi connectivity index (χ1v) is 6.70. The highest BCUT2D eigenvalue weighted by atomic mass is 79.9. The fourth-order valence-corrected chi connectivity index (χ4v) is 2.05. The number of halogens is 1. The van der Waals surface area contributed by atoms with Gasteiger partial charge in [0.05, 0.1) is 6.54 Å². The number of nitrogens with zero attached hydrogens (tertiary/aromatic N) is 1. The van der Waals surface area contributed by atoms with Crippen molar-refractivity contribution in [1.29, 1.82) is 0 Å². The third-order valence-corrected chi connectivity index (χ3v) is 2.85. The molecule has 0 bridgehead atoms. The second-order valence-corrected chi connectivity index (χ2v) is 5.52. The van der Waals surface area contributed by atoms with Gasteiger partial charge in [-0.15, -0.1) is 0 Å². The van der Waals surface area contributed by atoms with E-state index in [1.54, 1.807) is 0 Å². The zero-order valence-electron chi connectivity index (χ0n) is 11.0. The smallest absolute Gasteiger partial charge is 0.238 e. The highest BCUT2D eigenvalue weighted by Crippen LogP contribution is 2.15. The van der Waals surface area contributed by atoms with Crippen LogP contribution in [0.25, 0.3) is 0 Å². The molecular weight excluding hydrogens is 294 g/mol. The molecule has 1 atom stereocenters. The lowest BCUT2D eigenvalue weighted by Crippen LogP contribution is -2.40. The number of carbonyl (C=O) groups is 1. The fraction of sp³-hybridized carbons (Fsp3) is 0.462. The second kappa shape index (κ2) is 7.51. The Balaban J connectivity index is 2.34. The third-order valence-electron chi connectivity index (χ3n) is 2.36. The predicted octanol–water partition coefficient (Wildman–Crippen LogP) is 1.93. The molecule has 0 aliphatic carbocycles. The lowest BCUT2D eigenvalue weighted by Gasteiger charge is -2.18. The van der Waals surface area contributed by atoms with E-state index in [2.05, 4.69) is 38.4 Å². The van der Waals surface area contributed by atoms with E-state index in [1.807, 2.05) is 38.4 Å². The van der Waals surface area contributed by atoms with Crippen molar-refractivity contribution in [1.82, 2.24) is 10.2 Å². The first-order chi connectivity index (χ1) is 8.47. The van der Waals surface area contributed by atoms with Gasteiger partial charge in [0.25, 0.3) is 0 Å². The van der Waals surface area contributed by atoms with Gasteiger partial charge in [0, 0.05) is 22.7 Å². The Hall–Kier alpha value is -0.910. The maximum Gasteiger partial charge on any atom is 0.238 e. The molecule has 0 saturated carbocycles. The summed E-state index contributed by atoms with van der Waals surface area (Å²) < 4.78 is 0.953. The lowest BCUT2D eigenvalue weighted by atomic mass is 10.3. The minimum atomic E-state index is -0.0290. The standard InChI is InChI=1S/C13H20BrN3O/c1-10(9-17(2)3)15-8-13(18)16-12-6-4-5-11(14)7-12/h4-7,10,15H,8-9H2,1-3H3,(H,16,18). The fourth-order valence-electron chi connectivity index (χ4n) is 1.65. The van der Waals surface area contributed by atoms with E-state index >= 15 is 0 Å². The monoisotopic (exact) mass is 313 g/mol. The Morgan fingerprint density at radius 2 is 2.17 bits per heavy atom. The highest BCUT2D eigenvalue weighted by Gasteiger charge is 2.06. The number of amides is 1. The number of anilines is 1. The first-order valence-electron chi connectivity index (χ1n) is 5.91. The number of carbonyl (C=O) groups excluding carboxylic acids is 1. The Labute approximate surface area is 117 Å². The van der Waals surface area contributed by atoms with Gasteiger partial charge in [-0.25, -0.2) is 0 Å². The molecule has 5 heteroatoms. The zero-order valence-corrected chi connectivity index (χ0v) is 12.6. The molecule has 1 unspecified atom stereocenters. The largest absolute Gasteiger partial charge is 0.325 e. The lowest BCUT2D eigenvalue weighted by molar-refractivity contribution is -0.115. The van der Waals surface area contributed by atoms with Crippen LogP contribution in [0.2, 0.25) is 0 Å². The summed E-state index contributed by atoms with van der Waals surface area (Å²) in [4.78, 5) is 13.8. The average Bonchev–Trinajstić information content (AvgIpc) is 2.25. The van der Waals surface area contributed by atoms with E-state index in [4.69, 9.17) is 0 Å². The van der Waals surface area contributed by atoms with Crippen LogP contribution in [-0.4, -0.2) is 44.0 Å². The summed E-state index contributed by atoms with van der Waals surface area (Å²) >= 11 is 3.37. The quantitative estimate of drug-likeness (QED) is 0.843.